The fourth-order valence-corrected chi connectivity index (χ4v) is 2.53. The molecule has 0 nitrogen and oxygen atoms in total. The summed E-state index contributed by atoms with van der Waals surface area (Å²) in [4.78, 5) is 0. The molecule has 0 fully saturated rings. The van der Waals surface area contributed by atoms with Crippen molar-refractivity contribution in [2.45, 2.75) is 36.9 Å². The normalized spacial score (nSPS) is 17.5. The van der Waals surface area contributed by atoms with E-state index in [1.54, 1.807) is 0 Å². The molecule has 0 aromatic rings. The number of halogens is 4. The van der Waals surface area contributed by atoms with Gasteiger partial charge in [0.05, 0.1) is 0 Å². The number of hydrogen-bond donors (Lipinski definition) is 0. The van der Waals surface area contributed by atoms with E-state index >= 15 is 0 Å². The molecule has 0 saturated heterocycles. The van der Waals surface area contributed by atoms with E-state index in [1.807, 2.05) is 0 Å². The molecule has 12 heavy (non-hydrogen) atoms. The van der Waals surface area contributed by atoms with Crippen LogP contribution in [-0.4, -0.2) is 9.67 Å². The Kier molecular flexibility index (Phi) is 5.64. The van der Waals surface area contributed by atoms with Crippen molar-refractivity contribution in [1.82, 2.24) is 0 Å². The van der Waals surface area contributed by atoms with Gasteiger partial charge < -0.3 is 0 Å². The minimum atomic E-state index is -1.16. The molecule has 0 aromatic carbocycles. The van der Waals surface area contributed by atoms with Crippen LogP contribution in [0.25, 0.3) is 0 Å². The molecule has 1 unspecified atom stereocenters. The Bertz CT molecular complexity index is 130. The zero-order valence-corrected chi connectivity index (χ0v) is 10.4. The topological polar surface area (TPSA) is 0 Å². The van der Waals surface area contributed by atoms with Crippen LogP contribution < -0.4 is 0 Å². The van der Waals surface area contributed by atoms with Crippen LogP contribution >= 0.6 is 46.4 Å². The molecule has 0 radical (unpaired) electrons. The standard InChI is InChI=1S/C8H14Cl4/c1-3-7(2,4-5-9)6-8(10,11)12/h3-6H2,1-2H3. The molecule has 4 heteroatoms. The Balaban J connectivity index is 4.14. The first-order valence-corrected chi connectivity index (χ1v) is 5.62. The largest absolute Gasteiger partial charge is 0.191 e. The maximum absolute atomic E-state index is 5.72. The predicted octanol–water partition coefficient (Wildman–Crippen LogP) is 4.79. The molecule has 0 N–H and O–H groups in total. The van der Waals surface area contributed by atoms with E-state index in [0.717, 1.165) is 12.8 Å². The molecule has 0 aliphatic carbocycles. The zero-order valence-electron chi connectivity index (χ0n) is 7.34. The van der Waals surface area contributed by atoms with Crippen molar-refractivity contribution in [3.63, 3.8) is 0 Å². The SMILES string of the molecule is CCC(C)(CCCl)CC(Cl)(Cl)Cl. The third-order valence-corrected chi connectivity index (χ3v) is 2.77. The monoisotopic (exact) mass is 250 g/mol. The highest BCUT2D eigenvalue weighted by Crippen LogP contribution is 2.42. The quantitative estimate of drug-likeness (QED) is 0.631. The lowest BCUT2D eigenvalue weighted by molar-refractivity contribution is 0.278. The smallest absolute Gasteiger partial charge is 0.127 e. The Hall–Kier alpha value is 1.16. The molecule has 1 atom stereocenters. The number of alkyl halides is 4. The molecule has 0 heterocycles. The summed E-state index contributed by atoms with van der Waals surface area (Å²) >= 11 is 22.8. The van der Waals surface area contributed by atoms with Crippen LogP contribution in [0.15, 0.2) is 0 Å². The highest BCUT2D eigenvalue weighted by atomic mass is 35.6. The average Bonchev–Trinajstić information content (AvgIpc) is 1.84. The lowest BCUT2D eigenvalue weighted by atomic mass is 9.82. The third-order valence-electron chi connectivity index (χ3n) is 2.18. The molecule has 0 spiro atoms. The van der Waals surface area contributed by atoms with Crippen LogP contribution in [0, 0.1) is 5.41 Å². The fraction of sp³-hybridized carbons (Fsp3) is 1.00. The van der Waals surface area contributed by atoms with E-state index in [9.17, 15) is 0 Å². The van der Waals surface area contributed by atoms with E-state index in [2.05, 4.69) is 13.8 Å². The van der Waals surface area contributed by atoms with E-state index in [4.69, 9.17) is 46.4 Å². The van der Waals surface area contributed by atoms with Gasteiger partial charge in [0.15, 0.2) is 3.79 Å². The van der Waals surface area contributed by atoms with Gasteiger partial charge in [-0.05, 0) is 18.3 Å². The summed E-state index contributed by atoms with van der Waals surface area (Å²) in [6.07, 6.45) is 2.43. The Morgan fingerprint density at radius 3 is 1.92 bits per heavy atom. The van der Waals surface area contributed by atoms with Gasteiger partial charge in [-0.2, -0.15) is 0 Å². The van der Waals surface area contributed by atoms with Crippen molar-refractivity contribution in [1.29, 1.82) is 0 Å². The zero-order chi connectivity index (χ0) is 9.83. The van der Waals surface area contributed by atoms with Crippen LogP contribution in [0.4, 0.5) is 0 Å². The summed E-state index contributed by atoms with van der Waals surface area (Å²) in [5.41, 5.74) is 0.0486. The lowest BCUT2D eigenvalue weighted by Gasteiger charge is -2.30. The summed E-state index contributed by atoms with van der Waals surface area (Å²) in [5, 5.41) is 0. The van der Waals surface area contributed by atoms with Gasteiger partial charge in [0, 0.05) is 5.88 Å². The number of rotatable bonds is 4. The van der Waals surface area contributed by atoms with Gasteiger partial charge in [-0.3, -0.25) is 0 Å². The van der Waals surface area contributed by atoms with Gasteiger partial charge in [0.25, 0.3) is 0 Å². The Morgan fingerprint density at radius 1 is 1.17 bits per heavy atom. The van der Waals surface area contributed by atoms with Crippen molar-refractivity contribution in [2.75, 3.05) is 5.88 Å². The number of hydrogen-bond acceptors (Lipinski definition) is 0. The predicted molar refractivity (Wildman–Crippen MR) is 58.6 cm³/mol. The summed E-state index contributed by atoms with van der Waals surface area (Å²) in [7, 11) is 0. The molecule has 0 bridgehead atoms. The van der Waals surface area contributed by atoms with Crippen molar-refractivity contribution in [3.8, 4) is 0 Å². The second-order valence-corrected chi connectivity index (χ2v) is 6.29. The Labute approximate surface area is 94.5 Å². The molecule has 0 aliphatic rings. The first kappa shape index (κ1) is 13.2. The maximum Gasteiger partial charge on any atom is 0.191 e. The lowest BCUT2D eigenvalue weighted by Crippen LogP contribution is -2.23. The van der Waals surface area contributed by atoms with Crippen LogP contribution in [-0.2, 0) is 0 Å². The molecule has 0 amide bonds. The Morgan fingerprint density at radius 2 is 1.67 bits per heavy atom. The van der Waals surface area contributed by atoms with Crippen molar-refractivity contribution >= 4 is 46.4 Å². The molecule has 0 saturated carbocycles. The average molecular weight is 252 g/mol. The second kappa shape index (κ2) is 5.14. The minimum absolute atomic E-state index is 0.0486. The van der Waals surface area contributed by atoms with E-state index in [-0.39, 0.29) is 5.41 Å². The van der Waals surface area contributed by atoms with E-state index in [1.165, 1.54) is 0 Å². The molecular formula is C8H14Cl4. The molecular weight excluding hydrogens is 238 g/mol. The van der Waals surface area contributed by atoms with Crippen molar-refractivity contribution in [2.24, 2.45) is 5.41 Å². The van der Waals surface area contributed by atoms with Crippen molar-refractivity contribution < 1.29 is 0 Å². The minimum Gasteiger partial charge on any atom is -0.127 e. The molecule has 0 rings (SSSR count). The van der Waals surface area contributed by atoms with E-state index in [0.29, 0.717) is 12.3 Å². The van der Waals surface area contributed by atoms with Gasteiger partial charge in [0.1, 0.15) is 0 Å². The van der Waals surface area contributed by atoms with Gasteiger partial charge in [0.2, 0.25) is 0 Å². The summed E-state index contributed by atoms with van der Waals surface area (Å²) in [5.74, 6) is 0.616. The van der Waals surface area contributed by atoms with Crippen LogP contribution in [0.1, 0.15) is 33.1 Å². The summed E-state index contributed by atoms with van der Waals surface area (Å²) < 4.78 is -1.16. The van der Waals surface area contributed by atoms with Crippen LogP contribution in [0.3, 0.4) is 0 Å². The first-order chi connectivity index (χ1) is 5.33. The van der Waals surface area contributed by atoms with Gasteiger partial charge >= 0.3 is 0 Å². The molecule has 0 aromatic heterocycles. The summed E-state index contributed by atoms with van der Waals surface area (Å²) in [6.45, 7) is 4.18. The van der Waals surface area contributed by atoms with Gasteiger partial charge in [-0.25, -0.2) is 0 Å². The van der Waals surface area contributed by atoms with Crippen molar-refractivity contribution in [3.05, 3.63) is 0 Å². The highest BCUT2D eigenvalue weighted by molar-refractivity contribution is 6.67. The summed E-state index contributed by atoms with van der Waals surface area (Å²) in [6, 6.07) is 0. The van der Waals surface area contributed by atoms with Gasteiger partial charge in [-0.15, -0.1) is 11.6 Å². The van der Waals surface area contributed by atoms with Crippen LogP contribution in [0.5, 0.6) is 0 Å². The molecule has 0 aliphatic heterocycles. The fourth-order valence-electron chi connectivity index (χ4n) is 1.10. The highest BCUT2D eigenvalue weighted by Gasteiger charge is 2.32. The molecule has 74 valence electrons. The third kappa shape index (κ3) is 5.75. The van der Waals surface area contributed by atoms with Gasteiger partial charge in [-0.1, -0.05) is 55.1 Å². The van der Waals surface area contributed by atoms with E-state index < -0.39 is 3.79 Å². The maximum atomic E-state index is 5.72. The first-order valence-electron chi connectivity index (χ1n) is 3.96. The van der Waals surface area contributed by atoms with Crippen LogP contribution in [0.2, 0.25) is 0 Å². The second-order valence-electron chi connectivity index (χ2n) is 3.40.